The number of hydrogen-bond acceptors (Lipinski definition) is 2. The number of amides is 1. The molecule has 0 aliphatic heterocycles. The van der Waals surface area contributed by atoms with Crippen LogP contribution in [0.25, 0.3) is 0 Å². The molecule has 0 aliphatic rings. The van der Waals surface area contributed by atoms with Crippen LogP contribution in [0.1, 0.15) is 45.4 Å². The SMILES string of the molecule is CCCCCCCC(=O)Nc1cccc(Br)n1. The fourth-order valence-corrected chi connectivity index (χ4v) is 1.92. The molecule has 0 saturated carbocycles. The van der Waals surface area contributed by atoms with Crippen molar-refractivity contribution in [1.82, 2.24) is 4.98 Å². The number of aromatic nitrogens is 1. The lowest BCUT2D eigenvalue weighted by molar-refractivity contribution is -0.116. The first-order valence-electron chi connectivity index (χ1n) is 6.14. The van der Waals surface area contributed by atoms with E-state index >= 15 is 0 Å². The summed E-state index contributed by atoms with van der Waals surface area (Å²) in [6.45, 7) is 2.19. The minimum absolute atomic E-state index is 0.0482. The summed E-state index contributed by atoms with van der Waals surface area (Å²) in [4.78, 5) is 15.7. The van der Waals surface area contributed by atoms with E-state index in [0.717, 1.165) is 17.4 Å². The summed E-state index contributed by atoms with van der Waals surface area (Å²) in [6, 6.07) is 5.48. The Labute approximate surface area is 111 Å². The van der Waals surface area contributed by atoms with Gasteiger partial charge in [0.2, 0.25) is 5.91 Å². The average molecular weight is 299 g/mol. The maximum atomic E-state index is 11.6. The van der Waals surface area contributed by atoms with Crippen LogP contribution in [0.5, 0.6) is 0 Å². The number of carbonyl (C=O) groups is 1. The first-order chi connectivity index (χ1) is 8.22. The van der Waals surface area contributed by atoms with E-state index < -0.39 is 0 Å². The molecule has 1 aromatic heterocycles. The van der Waals surface area contributed by atoms with Crippen molar-refractivity contribution in [2.45, 2.75) is 45.4 Å². The number of anilines is 1. The van der Waals surface area contributed by atoms with Crippen molar-refractivity contribution >= 4 is 27.7 Å². The van der Waals surface area contributed by atoms with Gasteiger partial charge in [0.1, 0.15) is 10.4 Å². The lowest BCUT2D eigenvalue weighted by Crippen LogP contribution is -2.12. The highest BCUT2D eigenvalue weighted by molar-refractivity contribution is 9.10. The number of hydrogen-bond donors (Lipinski definition) is 1. The van der Waals surface area contributed by atoms with Crippen LogP contribution >= 0.6 is 15.9 Å². The summed E-state index contributed by atoms with van der Waals surface area (Å²) >= 11 is 3.27. The largest absolute Gasteiger partial charge is 0.311 e. The Bertz CT molecular complexity index is 355. The molecule has 0 radical (unpaired) electrons. The van der Waals surface area contributed by atoms with Gasteiger partial charge in [0.25, 0.3) is 0 Å². The van der Waals surface area contributed by atoms with Crippen LogP contribution in [-0.2, 0) is 4.79 Å². The Hall–Kier alpha value is -0.900. The number of nitrogens with one attached hydrogen (secondary N) is 1. The second-order valence-electron chi connectivity index (χ2n) is 4.06. The van der Waals surface area contributed by atoms with Crippen molar-refractivity contribution in [1.29, 1.82) is 0 Å². The lowest BCUT2D eigenvalue weighted by atomic mass is 10.1. The van der Waals surface area contributed by atoms with Crippen LogP contribution in [0.2, 0.25) is 0 Å². The van der Waals surface area contributed by atoms with Gasteiger partial charge in [-0.3, -0.25) is 4.79 Å². The first-order valence-corrected chi connectivity index (χ1v) is 6.94. The van der Waals surface area contributed by atoms with E-state index in [1.165, 1.54) is 19.3 Å². The third-order valence-electron chi connectivity index (χ3n) is 2.49. The maximum absolute atomic E-state index is 11.6. The maximum Gasteiger partial charge on any atom is 0.225 e. The van der Waals surface area contributed by atoms with Gasteiger partial charge in [0, 0.05) is 6.42 Å². The molecule has 1 aromatic rings. The predicted molar refractivity (Wildman–Crippen MR) is 73.9 cm³/mol. The van der Waals surface area contributed by atoms with Gasteiger partial charge >= 0.3 is 0 Å². The highest BCUT2D eigenvalue weighted by Crippen LogP contribution is 2.11. The molecule has 1 N–H and O–H groups in total. The topological polar surface area (TPSA) is 42.0 Å². The standard InChI is InChI=1S/C13H19BrN2O/c1-2-3-4-5-6-10-13(17)16-12-9-7-8-11(14)15-12/h7-9H,2-6,10H2,1H3,(H,15,16,17). The third-order valence-corrected chi connectivity index (χ3v) is 2.93. The molecule has 0 aliphatic carbocycles. The van der Waals surface area contributed by atoms with Gasteiger partial charge in [-0.15, -0.1) is 0 Å². The Morgan fingerprint density at radius 2 is 2.06 bits per heavy atom. The molecule has 1 heterocycles. The van der Waals surface area contributed by atoms with E-state index in [2.05, 4.69) is 33.2 Å². The van der Waals surface area contributed by atoms with Crippen LogP contribution in [0.3, 0.4) is 0 Å². The number of rotatable bonds is 7. The first kappa shape index (κ1) is 14.2. The molecule has 4 heteroatoms. The smallest absolute Gasteiger partial charge is 0.225 e. The van der Waals surface area contributed by atoms with Crippen molar-refractivity contribution in [3.63, 3.8) is 0 Å². The molecular weight excluding hydrogens is 280 g/mol. The second-order valence-corrected chi connectivity index (χ2v) is 4.87. The van der Waals surface area contributed by atoms with E-state index in [0.29, 0.717) is 12.2 Å². The number of nitrogens with zero attached hydrogens (tertiary/aromatic N) is 1. The molecule has 0 fully saturated rings. The van der Waals surface area contributed by atoms with Gasteiger partial charge in [-0.25, -0.2) is 4.98 Å². The number of pyridine rings is 1. The van der Waals surface area contributed by atoms with E-state index in [1.807, 2.05) is 12.1 Å². The fourth-order valence-electron chi connectivity index (χ4n) is 1.57. The van der Waals surface area contributed by atoms with Crippen LogP contribution in [0.4, 0.5) is 5.82 Å². The normalized spacial score (nSPS) is 10.2. The molecular formula is C13H19BrN2O. The molecule has 0 bridgehead atoms. The molecule has 94 valence electrons. The second kappa shape index (κ2) is 8.23. The van der Waals surface area contributed by atoms with Gasteiger partial charge in [0.15, 0.2) is 0 Å². The Morgan fingerprint density at radius 1 is 1.29 bits per heavy atom. The molecule has 0 unspecified atom stereocenters. The molecule has 17 heavy (non-hydrogen) atoms. The highest BCUT2D eigenvalue weighted by Gasteiger charge is 2.03. The number of carbonyl (C=O) groups excluding carboxylic acids is 1. The fraction of sp³-hybridized carbons (Fsp3) is 0.538. The molecule has 0 spiro atoms. The van der Waals surface area contributed by atoms with Gasteiger partial charge in [-0.2, -0.15) is 0 Å². The summed E-state index contributed by atoms with van der Waals surface area (Å²) in [6.07, 6.45) is 6.38. The monoisotopic (exact) mass is 298 g/mol. The molecule has 0 aromatic carbocycles. The Morgan fingerprint density at radius 3 is 2.76 bits per heavy atom. The van der Waals surface area contributed by atoms with Crippen molar-refractivity contribution in [3.05, 3.63) is 22.8 Å². The van der Waals surface area contributed by atoms with Crippen LogP contribution in [0.15, 0.2) is 22.8 Å². The minimum atomic E-state index is 0.0482. The Kier molecular flexibility index (Phi) is 6.86. The van der Waals surface area contributed by atoms with Crippen LogP contribution < -0.4 is 5.32 Å². The lowest BCUT2D eigenvalue weighted by Gasteiger charge is -2.04. The third kappa shape index (κ3) is 6.41. The van der Waals surface area contributed by atoms with Crippen molar-refractivity contribution in [3.8, 4) is 0 Å². The van der Waals surface area contributed by atoms with Gasteiger partial charge in [0.05, 0.1) is 0 Å². The summed E-state index contributed by atoms with van der Waals surface area (Å²) < 4.78 is 0.734. The van der Waals surface area contributed by atoms with Crippen LogP contribution in [0, 0.1) is 0 Å². The van der Waals surface area contributed by atoms with E-state index in [1.54, 1.807) is 6.07 Å². The molecule has 0 saturated heterocycles. The zero-order valence-electron chi connectivity index (χ0n) is 10.2. The summed E-state index contributed by atoms with van der Waals surface area (Å²) in [5.74, 6) is 0.657. The van der Waals surface area contributed by atoms with E-state index in [4.69, 9.17) is 0 Å². The summed E-state index contributed by atoms with van der Waals surface area (Å²) in [7, 11) is 0. The quantitative estimate of drug-likeness (QED) is 0.607. The predicted octanol–water partition coefficient (Wildman–Crippen LogP) is 4.14. The van der Waals surface area contributed by atoms with Crippen molar-refractivity contribution in [2.75, 3.05) is 5.32 Å². The number of unbranched alkanes of at least 4 members (excludes halogenated alkanes) is 4. The Balaban J connectivity index is 2.21. The average Bonchev–Trinajstić information content (AvgIpc) is 2.29. The highest BCUT2D eigenvalue weighted by atomic mass is 79.9. The van der Waals surface area contributed by atoms with Gasteiger partial charge in [-0.1, -0.05) is 38.7 Å². The summed E-state index contributed by atoms with van der Waals surface area (Å²) in [5, 5.41) is 2.79. The zero-order valence-corrected chi connectivity index (χ0v) is 11.8. The van der Waals surface area contributed by atoms with Gasteiger partial charge < -0.3 is 5.32 Å². The molecule has 1 amide bonds. The molecule has 3 nitrogen and oxygen atoms in total. The van der Waals surface area contributed by atoms with Crippen LogP contribution in [-0.4, -0.2) is 10.9 Å². The van der Waals surface area contributed by atoms with E-state index in [9.17, 15) is 4.79 Å². The molecule has 0 atom stereocenters. The molecule has 1 rings (SSSR count). The zero-order chi connectivity index (χ0) is 12.5. The minimum Gasteiger partial charge on any atom is -0.311 e. The van der Waals surface area contributed by atoms with Gasteiger partial charge in [-0.05, 0) is 34.5 Å². The van der Waals surface area contributed by atoms with E-state index in [-0.39, 0.29) is 5.91 Å². The number of halogens is 1. The van der Waals surface area contributed by atoms with Crippen molar-refractivity contribution in [2.24, 2.45) is 0 Å². The van der Waals surface area contributed by atoms with Crippen molar-refractivity contribution < 1.29 is 4.79 Å². The summed E-state index contributed by atoms with van der Waals surface area (Å²) in [5.41, 5.74) is 0.